The number of aromatic nitrogens is 2. The van der Waals surface area contributed by atoms with Crippen LogP contribution in [0.15, 0.2) is 75.4 Å². The molecule has 1 fully saturated rings. The second-order valence-corrected chi connectivity index (χ2v) is 9.50. The van der Waals surface area contributed by atoms with Crippen LogP contribution in [0, 0.1) is 13.8 Å². The second-order valence-electron chi connectivity index (χ2n) is 8.38. The summed E-state index contributed by atoms with van der Waals surface area (Å²) in [5.41, 5.74) is 2.46. The lowest BCUT2D eigenvalue weighted by atomic mass is 9.96. The molecule has 2 amide bonds. The molecule has 0 bridgehead atoms. The summed E-state index contributed by atoms with van der Waals surface area (Å²) in [6.45, 7) is 3.80. The summed E-state index contributed by atoms with van der Waals surface area (Å²) in [6.07, 6.45) is 5.53. The van der Waals surface area contributed by atoms with Crippen LogP contribution in [-0.4, -0.2) is 28.0 Å². The molecule has 8 heteroatoms. The number of amides is 2. The van der Waals surface area contributed by atoms with Crippen LogP contribution in [0.25, 0.3) is 0 Å². The molecule has 3 aromatic rings. The number of anilines is 1. The third-order valence-corrected chi connectivity index (χ3v) is 6.55. The molecular formula is C26H30N6OS. The Morgan fingerprint density at radius 1 is 0.941 bits per heavy atom. The van der Waals surface area contributed by atoms with Gasteiger partial charge in [-0.3, -0.25) is 5.32 Å². The summed E-state index contributed by atoms with van der Waals surface area (Å²) >= 11 is 1.64. The normalized spacial score (nSPS) is 14.5. The van der Waals surface area contributed by atoms with Crippen molar-refractivity contribution in [3.05, 3.63) is 72.1 Å². The van der Waals surface area contributed by atoms with Crippen molar-refractivity contribution in [2.24, 2.45) is 4.99 Å². The number of aryl methyl sites for hydroxylation is 2. The molecule has 0 aliphatic heterocycles. The van der Waals surface area contributed by atoms with E-state index < -0.39 is 0 Å². The number of para-hydroxylation sites is 1. The zero-order chi connectivity index (χ0) is 23.8. The Labute approximate surface area is 204 Å². The third kappa shape index (κ3) is 7.05. The predicted octanol–water partition coefficient (Wildman–Crippen LogP) is 5.98. The minimum absolute atomic E-state index is 0.188. The van der Waals surface area contributed by atoms with Gasteiger partial charge in [-0.1, -0.05) is 61.4 Å². The first kappa shape index (κ1) is 23.8. The van der Waals surface area contributed by atoms with Gasteiger partial charge in [0.15, 0.2) is 0 Å². The minimum atomic E-state index is -0.282. The highest BCUT2D eigenvalue weighted by molar-refractivity contribution is 7.99. The van der Waals surface area contributed by atoms with E-state index in [1.807, 2.05) is 62.4 Å². The maximum absolute atomic E-state index is 12.8. The van der Waals surface area contributed by atoms with Gasteiger partial charge in [-0.15, -0.1) is 0 Å². The second kappa shape index (κ2) is 11.7. The molecule has 1 saturated carbocycles. The molecule has 4 rings (SSSR count). The van der Waals surface area contributed by atoms with Gasteiger partial charge < -0.3 is 10.6 Å². The van der Waals surface area contributed by atoms with Crippen molar-refractivity contribution < 1.29 is 4.79 Å². The number of hydrogen-bond donors (Lipinski definition) is 3. The largest absolute Gasteiger partial charge is 0.335 e. The Morgan fingerprint density at radius 2 is 1.62 bits per heavy atom. The molecule has 0 unspecified atom stereocenters. The van der Waals surface area contributed by atoms with Crippen LogP contribution in [0.2, 0.25) is 0 Å². The maximum Gasteiger partial charge on any atom is 0.321 e. The van der Waals surface area contributed by atoms with Crippen LogP contribution in [0.4, 0.5) is 16.4 Å². The van der Waals surface area contributed by atoms with E-state index >= 15 is 0 Å². The average molecular weight is 475 g/mol. The minimum Gasteiger partial charge on any atom is -0.335 e. The molecule has 34 heavy (non-hydrogen) atoms. The lowest BCUT2D eigenvalue weighted by Gasteiger charge is -2.23. The first-order valence-electron chi connectivity index (χ1n) is 11.6. The topological polar surface area (TPSA) is 91.3 Å². The summed E-state index contributed by atoms with van der Waals surface area (Å²) in [5.74, 6) is 0.575. The lowest BCUT2D eigenvalue weighted by molar-refractivity contribution is 0.237. The van der Waals surface area contributed by atoms with Crippen molar-refractivity contribution >= 4 is 35.4 Å². The van der Waals surface area contributed by atoms with E-state index in [2.05, 4.69) is 43.0 Å². The number of aliphatic imine (C=N–C) groups is 1. The van der Waals surface area contributed by atoms with E-state index in [0.717, 1.165) is 52.5 Å². The summed E-state index contributed by atoms with van der Waals surface area (Å²) in [7, 11) is 0. The number of nitrogens with one attached hydrogen (secondary N) is 3. The van der Waals surface area contributed by atoms with Crippen molar-refractivity contribution in [1.29, 1.82) is 0 Å². The number of benzene rings is 2. The van der Waals surface area contributed by atoms with Crippen molar-refractivity contribution in [3.63, 3.8) is 0 Å². The molecule has 0 atom stereocenters. The smallest absolute Gasteiger partial charge is 0.321 e. The first-order chi connectivity index (χ1) is 16.5. The molecule has 7 nitrogen and oxygen atoms in total. The van der Waals surface area contributed by atoms with E-state index in [0.29, 0.717) is 5.95 Å². The van der Waals surface area contributed by atoms with Gasteiger partial charge in [-0.05, 0) is 57.0 Å². The molecule has 1 aromatic heterocycles. The number of rotatable bonds is 5. The molecule has 0 spiro atoms. The zero-order valence-electron chi connectivity index (χ0n) is 19.5. The van der Waals surface area contributed by atoms with E-state index in [-0.39, 0.29) is 18.0 Å². The Bertz CT molecular complexity index is 1120. The van der Waals surface area contributed by atoms with E-state index in [9.17, 15) is 4.79 Å². The molecule has 2 aromatic carbocycles. The Hall–Kier alpha value is -3.39. The van der Waals surface area contributed by atoms with Gasteiger partial charge in [0, 0.05) is 27.2 Å². The maximum atomic E-state index is 12.8. The number of nitrogens with zero attached hydrogens (tertiary/aromatic N) is 3. The van der Waals surface area contributed by atoms with E-state index in [1.54, 1.807) is 11.8 Å². The van der Waals surface area contributed by atoms with Gasteiger partial charge in [0.05, 0.1) is 5.69 Å². The molecule has 176 valence electrons. The van der Waals surface area contributed by atoms with Crippen LogP contribution in [-0.2, 0) is 0 Å². The van der Waals surface area contributed by atoms with Crippen LogP contribution < -0.4 is 16.0 Å². The molecule has 0 radical (unpaired) electrons. The quantitative estimate of drug-likeness (QED) is 0.313. The van der Waals surface area contributed by atoms with Crippen molar-refractivity contribution in [1.82, 2.24) is 20.6 Å². The SMILES string of the molecule is Cc1cc(C)nc(/N=C(/NC(=O)NC2CCCCC2)Nc2ccccc2Sc2ccccc2)n1. The number of hydrogen-bond acceptors (Lipinski definition) is 5. The first-order valence-corrected chi connectivity index (χ1v) is 12.4. The van der Waals surface area contributed by atoms with E-state index in [4.69, 9.17) is 0 Å². The van der Waals surface area contributed by atoms with Gasteiger partial charge in [0.25, 0.3) is 5.95 Å². The third-order valence-electron chi connectivity index (χ3n) is 5.47. The van der Waals surface area contributed by atoms with E-state index in [1.165, 1.54) is 6.42 Å². The van der Waals surface area contributed by atoms with Crippen molar-refractivity contribution in [3.8, 4) is 0 Å². The molecular weight excluding hydrogens is 444 g/mol. The molecule has 1 aliphatic rings. The van der Waals surface area contributed by atoms with Gasteiger partial charge in [0.2, 0.25) is 5.96 Å². The highest BCUT2D eigenvalue weighted by Gasteiger charge is 2.17. The van der Waals surface area contributed by atoms with Crippen molar-refractivity contribution in [2.75, 3.05) is 5.32 Å². The lowest BCUT2D eigenvalue weighted by Crippen LogP contribution is -2.47. The summed E-state index contributed by atoms with van der Waals surface area (Å²) in [4.78, 5) is 28.3. The molecule has 0 saturated heterocycles. The standard InChI is InChI=1S/C26H30N6OS/c1-18-17-19(2)28-24(27-18)31-25(32-26(33)29-20-11-5-3-6-12-20)30-22-15-9-10-16-23(22)34-21-13-7-4-8-14-21/h4,7-10,13-17,20H,3,5-6,11-12H2,1-2H3,(H3,27,28,29,30,31,32,33). The molecule has 3 N–H and O–H groups in total. The number of guanidine groups is 1. The predicted molar refractivity (Wildman–Crippen MR) is 138 cm³/mol. The number of urea groups is 1. The van der Waals surface area contributed by atoms with Gasteiger partial charge in [-0.2, -0.15) is 4.99 Å². The Kier molecular flexibility index (Phi) is 8.14. The average Bonchev–Trinajstić information content (AvgIpc) is 2.81. The van der Waals surface area contributed by atoms with Crippen LogP contribution in [0.3, 0.4) is 0 Å². The molecule has 1 heterocycles. The number of carbonyl (C=O) groups is 1. The van der Waals surface area contributed by atoms with Gasteiger partial charge in [0.1, 0.15) is 0 Å². The fraction of sp³-hybridized carbons (Fsp3) is 0.308. The van der Waals surface area contributed by atoms with Crippen molar-refractivity contribution in [2.45, 2.75) is 61.8 Å². The van der Waals surface area contributed by atoms with Gasteiger partial charge >= 0.3 is 6.03 Å². The fourth-order valence-corrected chi connectivity index (χ4v) is 4.85. The highest BCUT2D eigenvalue weighted by Crippen LogP contribution is 2.33. The Morgan fingerprint density at radius 3 is 2.35 bits per heavy atom. The number of carbonyl (C=O) groups excluding carboxylic acids is 1. The monoisotopic (exact) mass is 474 g/mol. The zero-order valence-corrected chi connectivity index (χ0v) is 20.4. The molecule has 1 aliphatic carbocycles. The fourth-order valence-electron chi connectivity index (χ4n) is 3.92. The summed E-state index contributed by atoms with van der Waals surface area (Å²) < 4.78 is 0. The summed E-state index contributed by atoms with van der Waals surface area (Å²) in [6, 6.07) is 19.9. The van der Waals surface area contributed by atoms with Gasteiger partial charge in [-0.25, -0.2) is 14.8 Å². The Balaban J connectivity index is 1.58. The van der Waals surface area contributed by atoms with Crippen LogP contribution in [0.1, 0.15) is 43.5 Å². The van der Waals surface area contributed by atoms with Crippen LogP contribution in [0.5, 0.6) is 0 Å². The van der Waals surface area contributed by atoms with Crippen LogP contribution >= 0.6 is 11.8 Å². The summed E-state index contributed by atoms with van der Waals surface area (Å²) in [5, 5.41) is 9.27. The highest BCUT2D eigenvalue weighted by atomic mass is 32.2.